The number of aryl methyl sites for hydroxylation is 1. The SMILES string of the molecule is Cc1ccc(-c2noc([C@H]3CCCN(S(=O)(=O)c4ccc([N+](=O)[O-])cc4)C3)n2)o1. The summed E-state index contributed by atoms with van der Waals surface area (Å²) in [6, 6.07) is 8.41. The number of benzene rings is 1. The Kier molecular flexibility index (Phi) is 4.92. The fourth-order valence-electron chi connectivity index (χ4n) is 3.31. The van der Waals surface area contributed by atoms with E-state index >= 15 is 0 Å². The third kappa shape index (κ3) is 3.78. The van der Waals surface area contributed by atoms with Crippen LogP contribution in [0.25, 0.3) is 11.6 Å². The van der Waals surface area contributed by atoms with Crippen LogP contribution in [0.5, 0.6) is 0 Å². The summed E-state index contributed by atoms with van der Waals surface area (Å²) >= 11 is 0. The summed E-state index contributed by atoms with van der Waals surface area (Å²) in [4.78, 5) is 14.6. The zero-order valence-electron chi connectivity index (χ0n) is 15.5. The van der Waals surface area contributed by atoms with Gasteiger partial charge in [0.1, 0.15) is 5.76 Å². The Hall–Kier alpha value is -3.05. The molecule has 2 aromatic heterocycles. The summed E-state index contributed by atoms with van der Waals surface area (Å²) in [5.41, 5.74) is -0.160. The number of hydrogen-bond donors (Lipinski definition) is 0. The number of non-ortho nitro benzene ring substituents is 1. The molecule has 0 spiro atoms. The number of nitro groups is 1. The Bertz CT molecular complexity index is 1140. The predicted molar refractivity (Wildman–Crippen MR) is 101 cm³/mol. The van der Waals surface area contributed by atoms with Gasteiger partial charge >= 0.3 is 0 Å². The van der Waals surface area contributed by atoms with Crippen molar-refractivity contribution in [1.29, 1.82) is 0 Å². The van der Waals surface area contributed by atoms with Crippen LogP contribution >= 0.6 is 0 Å². The van der Waals surface area contributed by atoms with Gasteiger partial charge in [0.25, 0.3) is 5.69 Å². The molecule has 0 N–H and O–H groups in total. The monoisotopic (exact) mass is 418 g/mol. The van der Waals surface area contributed by atoms with Gasteiger partial charge in [-0.15, -0.1) is 0 Å². The minimum absolute atomic E-state index is 0.0148. The number of piperidine rings is 1. The maximum absolute atomic E-state index is 12.9. The number of hydrogen-bond acceptors (Lipinski definition) is 8. The Morgan fingerprint density at radius 1 is 1.21 bits per heavy atom. The Morgan fingerprint density at radius 3 is 2.62 bits per heavy atom. The third-order valence-electron chi connectivity index (χ3n) is 4.82. The van der Waals surface area contributed by atoms with Crippen LogP contribution in [-0.2, 0) is 10.0 Å². The average Bonchev–Trinajstić information content (AvgIpc) is 3.37. The van der Waals surface area contributed by atoms with E-state index in [0.29, 0.717) is 36.9 Å². The van der Waals surface area contributed by atoms with Crippen LogP contribution in [0.4, 0.5) is 5.69 Å². The topological polar surface area (TPSA) is 133 Å². The average molecular weight is 418 g/mol. The molecule has 10 nitrogen and oxygen atoms in total. The molecule has 1 aliphatic rings. The van der Waals surface area contributed by atoms with Crippen LogP contribution in [0.2, 0.25) is 0 Å². The van der Waals surface area contributed by atoms with E-state index in [1.807, 2.05) is 6.92 Å². The van der Waals surface area contributed by atoms with Crippen molar-refractivity contribution in [2.24, 2.45) is 0 Å². The van der Waals surface area contributed by atoms with E-state index in [1.54, 1.807) is 12.1 Å². The second kappa shape index (κ2) is 7.41. The highest BCUT2D eigenvalue weighted by Gasteiger charge is 2.33. The van der Waals surface area contributed by atoms with Gasteiger partial charge in [-0.2, -0.15) is 9.29 Å². The molecule has 0 radical (unpaired) electrons. The van der Waals surface area contributed by atoms with Gasteiger partial charge in [-0.25, -0.2) is 8.42 Å². The van der Waals surface area contributed by atoms with Gasteiger partial charge in [-0.05, 0) is 44.0 Å². The number of rotatable bonds is 5. The van der Waals surface area contributed by atoms with Crippen molar-refractivity contribution in [3.05, 3.63) is 58.2 Å². The van der Waals surface area contributed by atoms with Gasteiger partial charge in [0, 0.05) is 25.2 Å². The maximum atomic E-state index is 12.9. The van der Waals surface area contributed by atoms with E-state index in [4.69, 9.17) is 8.94 Å². The number of furan rings is 1. The molecule has 3 heterocycles. The molecule has 4 rings (SSSR count). The standard InChI is InChI=1S/C18H18N4O6S/c1-12-4-9-16(27-12)17-19-18(28-20-17)13-3-2-10-21(11-13)29(25,26)15-7-5-14(6-8-15)22(23)24/h4-9,13H,2-3,10-11H2,1H3/t13-/m0/s1. The van der Waals surface area contributed by atoms with Crippen molar-refractivity contribution < 1.29 is 22.3 Å². The van der Waals surface area contributed by atoms with Crippen molar-refractivity contribution >= 4 is 15.7 Å². The lowest BCUT2D eigenvalue weighted by Gasteiger charge is -2.30. The van der Waals surface area contributed by atoms with Crippen LogP contribution in [-0.4, -0.2) is 40.9 Å². The summed E-state index contributed by atoms with van der Waals surface area (Å²) < 4.78 is 38.1. The molecule has 11 heteroatoms. The van der Waals surface area contributed by atoms with Crippen molar-refractivity contribution in [1.82, 2.24) is 14.4 Å². The molecule has 29 heavy (non-hydrogen) atoms. The summed E-state index contributed by atoms with van der Waals surface area (Å²) in [5.74, 6) is 1.66. The fourth-order valence-corrected chi connectivity index (χ4v) is 4.83. The van der Waals surface area contributed by atoms with E-state index < -0.39 is 14.9 Å². The highest BCUT2D eigenvalue weighted by Crippen LogP contribution is 2.31. The number of nitro benzene ring substituents is 1. The Morgan fingerprint density at radius 2 is 1.97 bits per heavy atom. The quantitative estimate of drug-likeness (QED) is 0.456. The van der Waals surface area contributed by atoms with Gasteiger partial charge in [-0.1, -0.05) is 5.16 Å². The van der Waals surface area contributed by atoms with Gasteiger partial charge in [0.2, 0.25) is 21.7 Å². The third-order valence-corrected chi connectivity index (χ3v) is 6.70. The summed E-state index contributed by atoms with van der Waals surface area (Å²) in [5, 5.41) is 14.7. The molecule has 152 valence electrons. The van der Waals surface area contributed by atoms with E-state index in [0.717, 1.165) is 5.76 Å². The zero-order chi connectivity index (χ0) is 20.6. The molecule has 0 bridgehead atoms. The zero-order valence-corrected chi connectivity index (χ0v) is 16.3. The summed E-state index contributed by atoms with van der Waals surface area (Å²) in [7, 11) is -3.79. The smallest absolute Gasteiger partial charge is 0.269 e. The second-order valence-electron chi connectivity index (χ2n) is 6.82. The maximum Gasteiger partial charge on any atom is 0.269 e. The van der Waals surface area contributed by atoms with E-state index in [-0.39, 0.29) is 23.0 Å². The van der Waals surface area contributed by atoms with E-state index in [2.05, 4.69) is 10.1 Å². The molecule has 0 unspecified atom stereocenters. The fraction of sp³-hybridized carbons (Fsp3) is 0.333. The first-order valence-corrected chi connectivity index (χ1v) is 10.4. The minimum atomic E-state index is -3.79. The molecule has 1 saturated heterocycles. The molecule has 0 amide bonds. The first-order chi connectivity index (χ1) is 13.8. The van der Waals surface area contributed by atoms with E-state index in [9.17, 15) is 18.5 Å². The molecule has 0 aliphatic carbocycles. The molecule has 1 fully saturated rings. The second-order valence-corrected chi connectivity index (χ2v) is 8.76. The van der Waals surface area contributed by atoms with Gasteiger partial charge in [0.15, 0.2) is 5.76 Å². The first kappa shape index (κ1) is 19.3. The van der Waals surface area contributed by atoms with Gasteiger partial charge < -0.3 is 8.94 Å². The van der Waals surface area contributed by atoms with Crippen molar-refractivity contribution in [3.8, 4) is 11.6 Å². The Labute approximate surface area is 166 Å². The molecule has 1 aromatic carbocycles. The van der Waals surface area contributed by atoms with Crippen LogP contribution < -0.4 is 0 Å². The number of sulfonamides is 1. The lowest BCUT2D eigenvalue weighted by Crippen LogP contribution is -2.39. The van der Waals surface area contributed by atoms with Crippen LogP contribution in [0.3, 0.4) is 0 Å². The first-order valence-electron chi connectivity index (χ1n) is 8.99. The summed E-state index contributed by atoms with van der Waals surface area (Å²) in [6.07, 6.45) is 1.35. The Balaban J connectivity index is 1.53. The van der Waals surface area contributed by atoms with Gasteiger partial charge in [-0.3, -0.25) is 10.1 Å². The van der Waals surface area contributed by atoms with E-state index in [1.165, 1.54) is 28.6 Å². The van der Waals surface area contributed by atoms with Crippen molar-refractivity contribution in [2.45, 2.75) is 30.6 Å². The van der Waals surface area contributed by atoms with Crippen molar-refractivity contribution in [3.63, 3.8) is 0 Å². The molecular weight excluding hydrogens is 400 g/mol. The highest BCUT2D eigenvalue weighted by molar-refractivity contribution is 7.89. The normalized spacial score (nSPS) is 18.0. The minimum Gasteiger partial charge on any atom is -0.458 e. The van der Waals surface area contributed by atoms with Crippen LogP contribution in [0.1, 0.15) is 30.4 Å². The lowest BCUT2D eigenvalue weighted by atomic mass is 10.00. The highest BCUT2D eigenvalue weighted by atomic mass is 32.2. The van der Waals surface area contributed by atoms with Crippen LogP contribution in [0.15, 0.2) is 50.2 Å². The van der Waals surface area contributed by atoms with Crippen LogP contribution in [0, 0.1) is 17.0 Å². The molecule has 1 aliphatic heterocycles. The molecule has 0 saturated carbocycles. The molecular formula is C18H18N4O6S. The molecule has 3 aromatic rings. The number of nitrogens with zero attached hydrogens (tertiary/aromatic N) is 4. The predicted octanol–water partition coefficient (Wildman–Crippen LogP) is 3.11. The summed E-state index contributed by atoms with van der Waals surface area (Å²) in [6.45, 7) is 2.36. The lowest BCUT2D eigenvalue weighted by molar-refractivity contribution is -0.384. The largest absolute Gasteiger partial charge is 0.458 e. The van der Waals surface area contributed by atoms with Crippen molar-refractivity contribution in [2.75, 3.05) is 13.1 Å². The van der Waals surface area contributed by atoms with Gasteiger partial charge in [0.05, 0.1) is 15.7 Å². The molecule has 1 atom stereocenters. The number of aromatic nitrogens is 2.